The lowest BCUT2D eigenvalue weighted by atomic mass is 10.0. The van der Waals surface area contributed by atoms with Gasteiger partial charge in [-0.3, -0.25) is 9.58 Å². The monoisotopic (exact) mass is 404 g/mol. The number of aryl methyl sites for hydroxylation is 4. The molecule has 2 heterocycles. The summed E-state index contributed by atoms with van der Waals surface area (Å²) in [5.41, 5.74) is 7.27. The van der Waals surface area contributed by atoms with Crippen LogP contribution in [0.2, 0.25) is 0 Å². The standard InChI is InChI=1S/C21H32N4O2S/c1-14-12-15(2)17(4)21(16(14)3)28(26,27)25-10-8-24(9-11-25)13-20-18(5)22-23(7)19(20)6/h12H,8-11,13H2,1-7H3. The second-order valence-corrected chi connectivity index (χ2v) is 9.92. The molecule has 2 aromatic rings. The summed E-state index contributed by atoms with van der Waals surface area (Å²) in [5.74, 6) is 0. The molecule has 0 spiro atoms. The van der Waals surface area contributed by atoms with Crippen LogP contribution in [0.1, 0.15) is 39.2 Å². The zero-order valence-electron chi connectivity index (χ0n) is 18.1. The average Bonchev–Trinajstić information content (AvgIpc) is 2.87. The van der Waals surface area contributed by atoms with Gasteiger partial charge in [0.05, 0.1) is 10.6 Å². The molecule has 6 nitrogen and oxygen atoms in total. The molecule has 1 aliphatic rings. The van der Waals surface area contributed by atoms with Crippen LogP contribution in [0.15, 0.2) is 11.0 Å². The van der Waals surface area contributed by atoms with Crippen molar-refractivity contribution < 1.29 is 8.42 Å². The van der Waals surface area contributed by atoms with E-state index in [0.29, 0.717) is 18.0 Å². The number of nitrogens with zero attached hydrogens (tertiary/aromatic N) is 4. The number of hydrogen-bond acceptors (Lipinski definition) is 4. The Kier molecular flexibility index (Phi) is 5.71. The van der Waals surface area contributed by atoms with Crippen LogP contribution in [-0.4, -0.2) is 53.6 Å². The Bertz CT molecular complexity index is 974. The molecule has 0 atom stereocenters. The summed E-state index contributed by atoms with van der Waals surface area (Å²) in [4.78, 5) is 2.82. The zero-order chi connectivity index (χ0) is 20.8. The molecule has 0 aliphatic carbocycles. The maximum Gasteiger partial charge on any atom is 0.243 e. The van der Waals surface area contributed by atoms with E-state index in [0.717, 1.165) is 47.6 Å². The number of benzene rings is 1. The van der Waals surface area contributed by atoms with E-state index in [1.54, 1.807) is 4.31 Å². The van der Waals surface area contributed by atoms with Gasteiger partial charge in [0.1, 0.15) is 0 Å². The molecule has 1 aliphatic heterocycles. The summed E-state index contributed by atoms with van der Waals surface area (Å²) in [6.07, 6.45) is 0. The third kappa shape index (κ3) is 3.63. The van der Waals surface area contributed by atoms with Crippen LogP contribution in [0.25, 0.3) is 0 Å². The molecular formula is C21H32N4O2S. The first-order chi connectivity index (χ1) is 13.0. The fourth-order valence-electron chi connectivity index (χ4n) is 4.09. The minimum Gasteiger partial charge on any atom is -0.296 e. The van der Waals surface area contributed by atoms with E-state index in [9.17, 15) is 8.42 Å². The van der Waals surface area contributed by atoms with E-state index in [2.05, 4.69) is 23.0 Å². The Balaban J connectivity index is 1.78. The average molecular weight is 405 g/mol. The number of rotatable bonds is 4. The van der Waals surface area contributed by atoms with Crippen LogP contribution >= 0.6 is 0 Å². The summed E-state index contributed by atoms with van der Waals surface area (Å²) in [5, 5.41) is 4.49. The molecular weight excluding hydrogens is 372 g/mol. The molecule has 0 N–H and O–H groups in total. The number of piperazine rings is 1. The largest absolute Gasteiger partial charge is 0.296 e. The van der Waals surface area contributed by atoms with Gasteiger partial charge in [-0.15, -0.1) is 0 Å². The van der Waals surface area contributed by atoms with Gasteiger partial charge in [-0.2, -0.15) is 9.40 Å². The molecule has 28 heavy (non-hydrogen) atoms. The van der Waals surface area contributed by atoms with Crippen LogP contribution in [0.4, 0.5) is 0 Å². The molecule has 1 aromatic carbocycles. The lowest BCUT2D eigenvalue weighted by molar-refractivity contribution is 0.181. The van der Waals surface area contributed by atoms with E-state index < -0.39 is 10.0 Å². The van der Waals surface area contributed by atoms with Crippen molar-refractivity contribution in [2.45, 2.75) is 53.0 Å². The third-order valence-electron chi connectivity index (χ3n) is 6.27. The van der Waals surface area contributed by atoms with Crippen LogP contribution in [-0.2, 0) is 23.6 Å². The molecule has 0 unspecified atom stereocenters. The van der Waals surface area contributed by atoms with Gasteiger partial charge in [0.15, 0.2) is 0 Å². The van der Waals surface area contributed by atoms with Gasteiger partial charge in [-0.1, -0.05) is 6.07 Å². The summed E-state index contributed by atoms with van der Waals surface area (Å²) >= 11 is 0. The molecule has 1 saturated heterocycles. The van der Waals surface area contributed by atoms with Gasteiger partial charge < -0.3 is 0 Å². The Labute approximate surface area is 169 Å². The number of hydrogen-bond donors (Lipinski definition) is 0. The smallest absolute Gasteiger partial charge is 0.243 e. The quantitative estimate of drug-likeness (QED) is 0.786. The van der Waals surface area contributed by atoms with Gasteiger partial charge in [0, 0.05) is 51.0 Å². The lowest BCUT2D eigenvalue weighted by Crippen LogP contribution is -2.48. The van der Waals surface area contributed by atoms with Crippen molar-refractivity contribution in [3.8, 4) is 0 Å². The highest BCUT2D eigenvalue weighted by atomic mass is 32.2. The molecule has 0 amide bonds. The predicted octanol–water partition coefficient (Wildman–Crippen LogP) is 2.78. The van der Waals surface area contributed by atoms with E-state index in [1.807, 2.05) is 46.3 Å². The van der Waals surface area contributed by atoms with Crippen molar-refractivity contribution in [3.63, 3.8) is 0 Å². The highest BCUT2D eigenvalue weighted by Crippen LogP contribution is 2.29. The SMILES string of the molecule is Cc1cc(C)c(C)c(S(=O)(=O)N2CCN(Cc3c(C)nn(C)c3C)CC2)c1C. The van der Waals surface area contributed by atoms with Crippen molar-refractivity contribution in [2.24, 2.45) is 7.05 Å². The summed E-state index contributed by atoms with van der Waals surface area (Å²) < 4.78 is 30.4. The second-order valence-electron chi connectivity index (χ2n) is 8.04. The summed E-state index contributed by atoms with van der Waals surface area (Å²) in [7, 11) is -1.52. The summed E-state index contributed by atoms with van der Waals surface area (Å²) in [6, 6.07) is 2.07. The molecule has 154 valence electrons. The molecule has 0 saturated carbocycles. The Morgan fingerprint density at radius 2 is 1.46 bits per heavy atom. The van der Waals surface area contributed by atoms with Crippen molar-refractivity contribution in [2.75, 3.05) is 26.2 Å². The minimum absolute atomic E-state index is 0.498. The fraction of sp³-hybridized carbons (Fsp3) is 0.571. The first-order valence-electron chi connectivity index (χ1n) is 9.83. The second kappa shape index (κ2) is 7.61. The van der Waals surface area contributed by atoms with Crippen molar-refractivity contribution in [1.82, 2.24) is 19.0 Å². The normalized spacial score (nSPS) is 16.7. The first kappa shape index (κ1) is 21.0. The van der Waals surface area contributed by atoms with Crippen LogP contribution < -0.4 is 0 Å². The van der Waals surface area contributed by atoms with Gasteiger partial charge in [0.25, 0.3) is 0 Å². The van der Waals surface area contributed by atoms with Crippen LogP contribution in [0, 0.1) is 41.5 Å². The Hall–Kier alpha value is -1.70. The molecule has 3 rings (SSSR count). The highest BCUT2D eigenvalue weighted by molar-refractivity contribution is 7.89. The van der Waals surface area contributed by atoms with Crippen LogP contribution in [0.5, 0.6) is 0 Å². The van der Waals surface area contributed by atoms with Gasteiger partial charge in [-0.05, 0) is 63.8 Å². The van der Waals surface area contributed by atoms with Crippen molar-refractivity contribution in [1.29, 1.82) is 0 Å². The van der Waals surface area contributed by atoms with Gasteiger partial charge in [-0.25, -0.2) is 8.42 Å². The maximum absolute atomic E-state index is 13.4. The highest BCUT2D eigenvalue weighted by Gasteiger charge is 2.32. The third-order valence-corrected chi connectivity index (χ3v) is 8.44. The predicted molar refractivity (Wildman–Crippen MR) is 112 cm³/mol. The van der Waals surface area contributed by atoms with E-state index >= 15 is 0 Å². The topological polar surface area (TPSA) is 58.4 Å². The molecule has 0 bridgehead atoms. The Morgan fingerprint density at radius 3 is 1.93 bits per heavy atom. The maximum atomic E-state index is 13.4. The van der Waals surface area contributed by atoms with E-state index in [1.165, 1.54) is 11.3 Å². The lowest BCUT2D eigenvalue weighted by Gasteiger charge is -2.34. The number of sulfonamides is 1. The van der Waals surface area contributed by atoms with E-state index in [4.69, 9.17) is 0 Å². The van der Waals surface area contributed by atoms with Crippen molar-refractivity contribution >= 4 is 10.0 Å². The molecule has 0 radical (unpaired) electrons. The zero-order valence-corrected chi connectivity index (χ0v) is 18.9. The fourth-order valence-corrected chi connectivity index (χ4v) is 6.09. The Morgan fingerprint density at radius 1 is 0.929 bits per heavy atom. The van der Waals surface area contributed by atoms with E-state index in [-0.39, 0.29) is 0 Å². The molecule has 7 heteroatoms. The van der Waals surface area contributed by atoms with Crippen molar-refractivity contribution in [3.05, 3.63) is 45.3 Å². The van der Waals surface area contributed by atoms with Gasteiger partial charge >= 0.3 is 0 Å². The molecule has 1 fully saturated rings. The van der Waals surface area contributed by atoms with Gasteiger partial charge in [0.2, 0.25) is 10.0 Å². The summed E-state index contributed by atoms with van der Waals surface area (Å²) in [6.45, 7) is 15.2. The first-order valence-corrected chi connectivity index (χ1v) is 11.3. The van der Waals surface area contributed by atoms with Crippen LogP contribution in [0.3, 0.4) is 0 Å². The minimum atomic E-state index is -3.49. The number of aromatic nitrogens is 2. The molecule has 1 aromatic heterocycles.